The van der Waals surface area contributed by atoms with Crippen LogP contribution >= 0.6 is 0 Å². The van der Waals surface area contributed by atoms with Crippen LogP contribution < -0.4 is 0 Å². The smallest absolute Gasteiger partial charge is 0.235 e. The Morgan fingerprint density at radius 2 is 0.912 bits per heavy atom. The van der Waals surface area contributed by atoms with Gasteiger partial charge in [0.2, 0.25) is 5.95 Å². The van der Waals surface area contributed by atoms with Crippen molar-refractivity contribution in [2.24, 2.45) is 0 Å². The summed E-state index contributed by atoms with van der Waals surface area (Å²) in [6, 6.07) is 80.0. The van der Waals surface area contributed by atoms with E-state index in [4.69, 9.17) is 19.9 Å². The van der Waals surface area contributed by atoms with E-state index in [1.54, 1.807) is 0 Å². The monoisotopic (exact) mass is 867 g/mol. The van der Waals surface area contributed by atoms with E-state index in [1.807, 2.05) is 66.7 Å². The van der Waals surface area contributed by atoms with E-state index in [9.17, 15) is 0 Å². The van der Waals surface area contributed by atoms with Gasteiger partial charge >= 0.3 is 0 Å². The molecule has 318 valence electrons. The molecule has 0 N–H and O–H groups in total. The molecule has 0 spiro atoms. The van der Waals surface area contributed by atoms with Gasteiger partial charge in [-0.3, -0.25) is 4.57 Å². The highest BCUT2D eigenvalue weighted by Crippen LogP contribution is 2.41. The maximum Gasteiger partial charge on any atom is 0.235 e. The Hall–Kier alpha value is -9.24. The molecule has 0 amide bonds. The van der Waals surface area contributed by atoms with Crippen LogP contribution in [0, 0.1) is 18.8 Å². The first-order chi connectivity index (χ1) is 33.6. The molecule has 68 heavy (non-hydrogen) atoms. The lowest BCUT2D eigenvalue weighted by Crippen LogP contribution is -2.03. The van der Waals surface area contributed by atoms with E-state index in [0.717, 1.165) is 105 Å². The second kappa shape index (κ2) is 17.3. The molecule has 12 rings (SSSR count). The number of benzene rings is 9. The molecular formula is C63H41N5. The van der Waals surface area contributed by atoms with E-state index >= 15 is 0 Å². The largest absolute Gasteiger partial charge is 0.278 e. The average Bonchev–Trinajstić information content (AvgIpc) is 3.74. The fraction of sp³-hybridized carbons (Fsp3) is 0.0159. The summed E-state index contributed by atoms with van der Waals surface area (Å²) in [6.45, 7) is 2.08. The molecule has 0 unspecified atom stereocenters. The molecule has 5 heteroatoms. The van der Waals surface area contributed by atoms with Crippen LogP contribution in [0.4, 0.5) is 0 Å². The van der Waals surface area contributed by atoms with Gasteiger partial charge in [0.25, 0.3) is 0 Å². The van der Waals surface area contributed by atoms with Crippen LogP contribution in [0.15, 0.2) is 231 Å². The molecule has 0 atom stereocenters. The van der Waals surface area contributed by atoms with Gasteiger partial charge < -0.3 is 0 Å². The van der Waals surface area contributed by atoms with Gasteiger partial charge in [0.15, 0.2) is 5.82 Å². The summed E-state index contributed by atoms with van der Waals surface area (Å²) in [4.78, 5) is 21.1. The van der Waals surface area contributed by atoms with Gasteiger partial charge in [-0.05, 0) is 77.7 Å². The van der Waals surface area contributed by atoms with Crippen molar-refractivity contribution < 1.29 is 0 Å². The van der Waals surface area contributed by atoms with Gasteiger partial charge in [0, 0.05) is 60.8 Å². The molecule has 3 heterocycles. The second-order valence-corrected chi connectivity index (χ2v) is 16.9. The highest BCUT2D eigenvalue weighted by atomic mass is 15.2. The fourth-order valence-electron chi connectivity index (χ4n) is 9.32. The first-order valence-corrected chi connectivity index (χ1v) is 22.8. The van der Waals surface area contributed by atoms with E-state index in [2.05, 4.69) is 187 Å². The predicted octanol–water partition coefficient (Wildman–Crippen LogP) is 15.2. The quantitative estimate of drug-likeness (QED) is 0.150. The summed E-state index contributed by atoms with van der Waals surface area (Å²) >= 11 is 0. The van der Waals surface area contributed by atoms with Crippen LogP contribution in [-0.2, 0) is 0 Å². The molecule has 0 aliphatic heterocycles. The number of para-hydroxylation sites is 2. The van der Waals surface area contributed by atoms with E-state index in [-0.39, 0.29) is 0 Å². The highest BCUT2D eigenvalue weighted by Gasteiger charge is 2.21. The third-order valence-electron chi connectivity index (χ3n) is 12.6. The lowest BCUT2D eigenvalue weighted by molar-refractivity contribution is 1.01. The number of rotatable bonds is 7. The Bertz CT molecular complexity index is 3890. The van der Waals surface area contributed by atoms with Crippen molar-refractivity contribution in [2.75, 3.05) is 0 Å². The van der Waals surface area contributed by atoms with Crippen LogP contribution in [-0.4, -0.2) is 24.5 Å². The summed E-state index contributed by atoms with van der Waals surface area (Å²) in [7, 11) is 0. The Morgan fingerprint density at radius 1 is 0.368 bits per heavy atom. The number of nitrogens with zero attached hydrogens (tertiary/aromatic N) is 5. The van der Waals surface area contributed by atoms with Crippen LogP contribution in [0.25, 0.3) is 106 Å². The second-order valence-electron chi connectivity index (χ2n) is 16.9. The van der Waals surface area contributed by atoms with Crippen molar-refractivity contribution in [3.05, 3.63) is 247 Å². The molecule has 0 radical (unpaired) electrons. The highest BCUT2D eigenvalue weighted by molar-refractivity contribution is 6.10. The van der Waals surface area contributed by atoms with Gasteiger partial charge in [-0.2, -0.15) is 0 Å². The minimum Gasteiger partial charge on any atom is -0.278 e. The number of fused-ring (bicyclic) bond motifs is 4. The molecule has 0 bridgehead atoms. The van der Waals surface area contributed by atoms with Gasteiger partial charge in [0.1, 0.15) is 0 Å². The zero-order chi connectivity index (χ0) is 45.4. The number of aryl methyl sites for hydroxylation is 1. The number of hydrogen-bond donors (Lipinski definition) is 0. The molecule has 0 saturated heterocycles. The summed E-state index contributed by atoms with van der Waals surface area (Å²) in [5.74, 6) is 8.29. The van der Waals surface area contributed by atoms with Crippen LogP contribution in [0.2, 0.25) is 0 Å². The molecule has 3 aromatic heterocycles. The lowest BCUT2D eigenvalue weighted by Gasteiger charge is -2.17. The third kappa shape index (κ3) is 7.46. The van der Waals surface area contributed by atoms with Crippen molar-refractivity contribution >= 4 is 32.7 Å². The SMILES string of the molecule is Cc1nc(-c2ccccc2)nc(-c2ccccc2)c1-c1cc(-c2ccc3c(c2)c2ccccc2n3-c2nc(-c3ccc(-c4ccccc4)cc3)c3ccccc3n2)ccc1C#Cc1ccccc1. The molecule has 5 nitrogen and oxygen atoms in total. The van der Waals surface area contributed by atoms with Crippen LogP contribution in [0.1, 0.15) is 16.8 Å². The zero-order valence-electron chi connectivity index (χ0n) is 37.2. The van der Waals surface area contributed by atoms with E-state index in [0.29, 0.717) is 11.8 Å². The topological polar surface area (TPSA) is 56.5 Å². The summed E-state index contributed by atoms with van der Waals surface area (Å²) in [5, 5.41) is 3.23. The Balaban J connectivity index is 1.02. The van der Waals surface area contributed by atoms with Crippen LogP contribution in [0.5, 0.6) is 0 Å². The Labute approximate surface area is 394 Å². The summed E-state index contributed by atoms with van der Waals surface area (Å²) < 4.78 is 2.21. The number of hydrogen-bond acceptors (Lipinski definition) is 4. The average molecular weight is 868 g/mol. The van der Waals surface area contributed by atoms with Gasteiger partial charge in [-0.25, -0.2) is 19.9 Å². The fourth-order valence-corrected chi connectivity index (χ4v) is 9.32. The van der Waals surface area contributed by atoms with E-state index < -0.39 is 0 Å². The summed E-state index contributed by atoms with van der Waals surface area (Å²) in [5.41, 5.74) is 16.8. The van der Waals surface area contributed by atoms with Crippen molar-refractivity contribution in [3.63, 3.8) is 0 Å². The lowest BCUT2D eigenvalue weighted by atomic mass is 9.90. The first-order valence-electron chi connectivity index (χ1n) is 22.8. The maximum absolute atomic E-state index is 5.39. The van der Waals surface area contributed by atoms with Gasteiger partial charge in [-0.1, -0.05) is 194 Å². The van der Waals surface area contributed by atoms with Gasteiger partial charge in [0.05, 0.1) is 27.9 Å². The van der Waals surface area contributed by atoms with E-state index in [1.165, 1.54) is 5.56 Å². The molecule has 0 aliphatic carbocycles. The first kappa shape index (κ1) is 40.3. The van der Waals surface area contributed by atoms with Crippen molar-refractivity contribution in [1.82, 2.24) is 24.5 Å². The molecule has 0 fully saturated rings. The van der Waals surface area contributed by atoms with Crippen LogP contribution in [0.3, 0.4) is 0 Å². The van der Waals surface area contributed by atoms with Crippen molar-refractivity contribution in [3.8, 4) is 85.1 Å². The standard InChI is InChI=1S/C63H41N5/c1-42-59(61(47-22-10-4-11-23-47)66-62(64-42)49-24-12-5-13-25-49)54-40-50(37-34-46(54)31-30-43-18-6-2-7-19-43)51-38-39-58-55(41-51)52-26-15-17-29-57(52)68(58)63-65-56-28-16-14-27-53(56)60(67-63)48-35-32-45(33-36-48)44-20-8-3-9-21-44/h2-29,32-41H,1H3. The predicted molar refractivity (Wildman–Crippen MR) is 279 cm³/mol. The number of aromatic nitrogens is 5. The minimum absolute atomic E-state index is 0.622. The Morgan fingerprint density at radius 3 is 1.66 bits per heavy atom. The van der Waals surface area contributed by atoms with Gasteiger partial charge in [-0.15, -0.1) is 0 Å². The molecule has 12 aromatic rings. The van der Waals surface area contributed by atoms with Crippen molar-refractivity contribution in [2.45, 2.75) is 6.92 Å². The molecular weight excluding hydrogens is 827 g/mol. The molecule has 0 saturated carbocycles. The minimum atomic E-state index is 0.622. The molecule has 9 aromatic carbocycles. The summed E-state index contributed by atoms with van der Waals surface area (Å²) in [6.07, 6.45) is 0. The normalized spacial score (nSPS) is 11.2. The molecule has 0 aliphatic rings. The zero-order valence-corrected chi connectivity index (χ0v) is 37.2. The maximum atomic E-state index is 5.39. The Kier molecular flexibility index (Phi) is 10.2. The van der Waals surface area contributed by atoms with Crippen molar-refractivity contribution in [1.29, 1.82) is 0 Å². The third-order valence-corrected chi connectivity index (χ3v) is 12.6.